The second-order valence-corrected chi connectivity index (χ2v) is 23.7. The summed E-state index contributed by atoms with van der Waals surface area (Å²) in [6, 6.07) is 0. The van der Waals surface area contributed by atoms with Crippen LogP contribution in [0.5, 0.6) is 0 Å². The highest BCUT2D eigenvalue weighted by Crippen LogP contribution is 2.19. The lowest BCUT2D eigenvalue weighted by Crippen LogP contribution is -2.30. The SMILES string of the molecule is CCCCCCCCCCCCCCCCCCCCC(=O)OC[C@@H](COC(=O)CCCCCCCCCCCCCCC(C)C)OC(=O)CCCCCCCCCCCCCCCCCCCCC(C)C. The number of carbonyl (C=O) groups excluding carboxylic acids is 3. The number of ether oxygens (including phenoxy) is 3. The van der Waals surface area contributed by atoms with Crippen LogP contribution in [0.15, 0.2) is 0 Å². The van der Waals surface area contributed by atoms with Gasteiger partial charge in [0.1, 0.15) is 13.2 Å². The van der Waals surface area contributed by atoms with Crippen molar-refractivity contribution in [2.45, 2.75) is 381 Å². The molecule has 0 aliphatic heterocycles. The molecule has 0 heterocycles. The van der Waals surface area contributed by atoms with Crippen molar-refractivity contribution in [1.82, 2.24) is 0 Å². The molecular formula is C66H128O6. The summed E-state index contributed by atoms with van der Waals surface area (Å²) in [4.78, 5) is 38.3. The quantitative estimate of drug-likeness (QED) is 0.0343. The Bertz CT molecular complexity index is 1100. The Balaban J connectivity index is 4.27. The van der Waals surface area contributed by atoms with Gasteiger partial charge in [-0.3, -0.25) is 14.4 Å². The lowest BCUT2D eigenvalue weighted by atomic mass is 10.0. The van der Waals surface area contributed by atoms with Gasteiger partial charge in [0.05, 0.1) is 0 Å². The summed E-state index contributed by atoms with van der Waals surface area (Å²) in [5.74, 6) is 0.862. The van der Waals surface area contributed by atoms with E-state index >= 15 is 0 Å². The maximum Gasteiger partial charge on any atom is 0.306 e. The Morgan fingerprint density at radius 3 is 0.681 bits per heavy atom. The minimum Gasteiger partial charge on any atom is -0.462 e. The van der Waals surface area contributed by atoms with Crippen molar-refractivity contribution in [2.24, 2.45) is 11.8 Å². The lowest BCUT2D eigenvalue weighted by Gasteiger charge is -2.18. The van der Waals surface area contributed by atoms with Crippen LogP contribution in [0.2, 0.25) is 0 Å². The number of esters is 3. The third-order valence-corrected chi connectivity index (χ3v) is 15.2. The van der Waals surface area contributed by atoms with E-state index in [1.165, 1.54) is 263 Å². The molecule has 0 spiro atoms. The normalized spacial score (nSPS) is 12.0. The first kappa shape index (κ1) is 70.4. The van der Waals surface area contributed by atoms with Crippen molar-refractivity contribution in [3.63, 3.8) is 0 Å². The Labute approximate surface area is 450 Å². The van der Waals surface area contributed by atoms with E-state index in [2.05, 4.69) is 34.6 Å². The molecule has 0 aromatic carbocycles. The summed E-state index contributed by atoms with van der Waals surface area (Å²) in [7, 11) is 0. The highest BCUT2D eigenvalue weighted by atomic mass is 16.6. The van der Waals surface area contributed by atoms with E-state index in [1.54, 1.807) is 0 Å². The average Bonchev–Trinajstić information content (AvgIpc) is 3.36. The molecule has 0 N–H and O–H groups in total. The highest BCUT2D eigenvalue weighted by Gasteiger charge is 2.19. The molecule has 6 nitrogen and oxygen atoms in total. The van der Waals surface area contributed by atoms with Crippen LogP contribution in [-0.4, -0.2) is 37.2 Å². The van der Waals surface area contributed by atoms with Gasteiger partial charge in [-0.25, -0.2) is 0 Å². The fraction of sp³-hybridized carbons (Fsp3) is 0.955. The molecule has 0 unspecified atom stereocenters. The van der Waals surface area contributed by atoms with E-state index in [1.807, 2.05) is 0 Å². The van der Waals surface area contributed by atoms with Crippen molar-refractivity contribution in [3.8, 4) is 0 Å². The molecule has 6 heteroatoms. The summed E-state index contributed by atoms with van der Waals surface area (Å²) in [6.07, 6.45) is 65.4. The van der Waals surface area contributed by atoms with Crippen LogP contribution in [0.1, 0.15) is 375 Å². The van der Waals surface area contributed by atoms with Gasteiger partial charge in [-0.05, 0) is 31.1 Å². The molecular weight excluding hydrogens is 889 g/mol. The zero-order valence-corrected chi connectivity index (χ0v) is 49.6. The molecule has 0 aliphatic carbocycles. The Hall–Kier alpha value is -1.59. The van der Waals surface area contributed by atoms with E-state index < -0.39 is 6.10 Å². The number of rotatable bonds is 60. The standard InChI is InChI=1S/C66H128O6/c1-6-7-8-9-10-11-12-13-14-15-19-22-25-31-36-41-46-51-56-64(67)70-59-63(60-71-65(68)57-52-47-42-37-32-28-27-30-35-40-45-50-55-62(4)5)72-66(69)58-53-48-43-38-33-26-23-20-17-16-18-21-24-29-34-39-44-49-54-61(2)3/h61-63H,6-60H2,1-5H3/t63-/m0/s1. The van der Waals surface area contributed by atoms with E-state index in [-0.39, 0.29) is 31.1 Å². The largest absolute Gasteiger partial charge is 0.462 e. The smallest absolute Gasteiger partial charge is 0.306 e. The number of hydrogen-bond acceptors (Lipinski definition) is 6. The summed E-state index contributed by atoms with van der Waals surface area (Å²) >= 11 is 0. The number of hydrogen-bond donors (Lipinski definition) is 0. The van der Waals surface area contributed by atoms with Crippen LogP contribution in [0, 0.1) is 11.8 Å². The van der Waals surface area contributed by atoms with Gasteiger partial charge in [0.15, 0.2) is 6.10 Å². The highest BCUT2D eigenvalue weighted by molar-refractivity contribution is 5.71. The number of unbranched alkanes of at least 4 members (excludes halogenated alkanes) is 45. The monoisotopic (exact) mass is 1020 g/mol. The number of carbonyl (C=O) groups is 3. The topological polar surface area (TPSA) is 78.9 Å². The predicted molar refractivity (Wildman–Crippen MR) is 312 cm³/mol. The van der Waals surface area contributed by atoms with Crippen LogP contribution < -0.4 is 0 Å². The average molecular weight is 1020 g/mol. The molecule has 1 atom stereocenters. The van der Waals surface area contributed by atoms with Crippen molar-refractivity contribution < 1.29 is 28.6 Å². The molecule has 0 aromatic heterocycles. The van der Waals surface area contributed by atoms with Gasteiger partial charge < -0.3 is 14.2 Å². The summed E-state index contributed by atoms with van der Waals surface area (Å²) in [6.45, 7) is 11.5. The Morgan fingerprint density at radius 2 is 0.458 bits per heavy atom. The van der Waals surface area contributed by atoms with Gasteiger partial charge in [0.2, 0.25) is 0 Å². The van der Waals surface area contributed by atoms with Gasteiger partial charge in [-0.2, -0.15) is 0 Å². The van der Waals surface area contributed by atoms with Crippen molar-refractivity contribution in [2.75, 3.05) is 13.2 Å². The Kier molecular flexibility index (Phi) is 57.4. The van der Waals surface area contributed by atoms with E-state index in [9.17, 15) is 14.4 Å². The molecule has 0 saturated heterocycles. The first-order valence-corrected chi connectivity index (χ1v) is 32.7. The zero-order valence-electron chi connectivity index (χ0n) is 49.6. The van der Waals surface area contributed by atoms with Crippen LogP contribution in [0.4, 0.5) is 0 Å². The van der Waals surface area contributed by atoms with E-state index in [0.717, 1.165) is 69.6 Å². The van der Waals surface area contributed by atoms with Crippen molar-refractivity contribution in [3.05, 3.63) is 0 Å². The van der Waals surface area contributed by atoms with Gasteiger partial charge in [-0.1, -0.05) is 336 Å². The third-order valence-electron chi connectivity index (χ3n) is 15.2. The van der Waals surface area contributed by atoms with E-state index in [0.29, 0.717) is 19.3 Å². The Morgan fingerprint density at radius 1 is 0.264 bits per heavy atom. The molecule has 0 amide bonds. The van der Waals surface area contributed by atoms with Crippen molar-refractivity contribution >= 4 is 17.9 Å². The third kappa shape index (κ3) is 59.3. The molecule has 0 radical (unpaired) electrons. The molecule has 72 heavy (non-hydrogen) atoms. The van der Waals surface area contributed by atoms with Crippen LogP contribution in [0.3, 0.4) is 0 Å². The second kappa shape index (κ2) is 58.7. The predicted octanol–water partition coefficient (Wildman–Crippen LogP) is 22.0. The lowest BCUT2D eigenvalue weighted by molar-refractivity contribution is -0.167. The maximum absolute atomic E-state index is 12.9. The molecule has 0 bridgehead atoms. The molecule has 0 fully saturated rings. The van der Waals surface area contributed by atoms with Gasteiger partial charge in [-0.15, -0.1) is 0 Å². The van der Waals surface area contributed by atoms with Crippen LogP contribution >= 0.6 is 0 Å². The van der Waals surface area contributed by atoms with Gasteiger partial charge >= 0.3 is 17.9 Å². The molecule has 0 rings (SSSR count). The molecule has 428 valence electrons. The fourth-order valence-corrected chi connectivity index (χ4v) is 10.3. The fourth-order valence-electron chi connectivity index (χ4n) is 10.3. The summed E-state index contributed by atoms with van der Waals surface area (Å²) in [5, 5.41) is 0. The van der Waals surface area contributed by atoms with Gasteiger partial charge in [0.25, 0.3) is 0 Å². The molecule has 0 aliphatic rings. The van der Waals surface area contributed by atoms with Crippen LogP contribution in [-0.2, 0) is 28.6 Å². The first-order valence-electron chi connectivity index (χ1n) is 32.7. The van der Waals surface area contributed by atoms with Crippen LogP contribution in [0.25, 0.3) is 0 Å². The summed E-state index contributed by atoms with van der Waals surface area (Å²) in [5.41, 5.74) is 0. The molecule has 0 aromatic rings. The van der Waals surface area contributed by atoms with Crippen molar-refractivity contribution in [1.29, 1.82) is 0 Å². The van der Waals surface area contributed by atoms with E-state index in [4.69, 9.17) is 14.2 Å². The zero-order chi connectivity index (χ0) is 52.5. The minimum atomic E-state index is -0.764. The first-order chi connectivity index (χ1) is 35.2. The minimum absolute atomic E-state index is 0.0617. The molecule has 0 saturated carbocycles. The second-order valence-electron chi connectivity index (χ2n) is 23.7. The van der Waals surface area contributed by atoms with Gasteiger partial charge in [0, 0.05) is 19.3 Å². The maximum atomic E-state index is 12.9. The summed E-state index contributed by atoms with van der Waals surface area (Å²) < 4.78 is 17.0.